The summed E-state index contributed by atoms with van der Waals surface area (Å²) >= 11 is 0. The summed E-state index contributed by atoms with van der Waals surface area (Å²) < 4.78 is 7.20. The van der Waals surface area contributed by atoms with Crippen LogP contribution in [0.2, 0.25) is 0 Å². The van der Waals surface area contributed by atoms with Crippen LogP contribution in [-0.2, 0) is 27.3 Å². The lowest BCUT2D eigenvalue weighted by molar-refractivity contribution is -0.142. The number of amides is 1. The molecule has 1 aliphatic heterocycles. The van der Waals surface area contributed by atoms with Gasteiger partial charge in [-0.05, 0) is 64.0 Å². The molecule has 0 saturated carbocycles. The molecule has 2 aromatic rings. The normalized spacial score (nSPS) is 17.0. The van der Waals surface area contributed by atoms with E-state index in [2.05, 4.69) is 22.9 Å². The number of fused-ring (bicyclic) bond motifs is 1. The van der Waals surface area contributed by atoms with E-state index in [1.165, 1.54) is 5.69 Å². The van der Waals surface area contributed by atoms with Gasteiger partial charge >= 0.3 is 5.97 Å². The predicted octanol–water partition coefficient (Wildman–Crippen LogP) is 2.41. The number of rotatable bonds is 10. The number of benzene rings is 1. The maximum Gasteiger partial charge on any atom is 0.319 e. The summed E-state index contributed by atoms with van der Waals surface area (Å²) in [6.07, 6.45) is 3.76. The van der Waals surface area contributed by atoms with Crippen LogP contribution in [0.25, 0.3) is 10.9 Å². The highest BCUT2D eigenvalue weighted by atomic mass is 16.5. The smallest absolute Gasteiger partial charge is 0.319 e. The number of aromatic nitrogens is 1. The Morgan fingerprint density at radius 1 is 1.31 bits per heavy atom. The van der Waals surface area contributed by atoms with Crippen LogP contribution in [0.4, 0.5) is 0 Å². The lowest BCUT2D eigenvalue weighted by atomic mass is 10.1. The van der Waals surface area contributed by atoms with E-state index in [9.17, 15) is 9.59 Å². The molecule has 3 rings (SSSR count). The largest absolute Gasteiger partial charge is 0.465 e. The monoisotopic (exact) mass is 441 g/mol. The molecule has 1 aromatic carbocycles. The third-order valence-corrected chi connectivity index (χ3v) is 6.24. The quantitative estimate of drug-likeness (QED) is 0.298. The van der Waals surface area contributed by atoms with Crippen LogP contribution in [0.5, 0.6) is 0 Å². The first-order valence-corrected chi connectivity index (χ1v) is 11.5. The number of nitrogens with one attached hydrogen (secondary N) is 2. The number of ether oxygens (including phenoxy) is 1. The Hall–Kier alpha value is -2.87. The van der Waals surface area contributed by atoms with Crippen LogP contribution in [0.1, 0.15) is 51.3 Å². The number of nitrogens with two attached hydrogens (primary N) is 1. The molecule has 32 heavy (non-hydrogen) atoms. The van der Waals surface area contributed by atoms with Crippen molar-refractivity contribution in [3.8, 4) is 0 Å². The Balaban J connectivity index is 1.65. The zero-order chi connectivity index (χ0) is 23.3. The number of amidine groups is 1. The number of esters is 1. The van der Waals surface area contributed by atoms with Gasteiger partial charge in [-0.1, -0.05) is 12.1 Å². The second kappa shape index (κ2) is 10.6. The van der Waals surface area contributed by atoms with Crippen molar-refractivity contribution < 1.29 is 14.3 Å². The highest BCUT2D eigenvalue weighted by Gasteiger charge is 2.31. The molecule has 2 heterocycles. The second-order valence-electron chi connectivity index (χ2n) is 8.34. The highest BCUT2D eigenvalue weighted by molar-refractivity contribution is 5.98. The van der Waals surface area contributed by atoms with Crippen LogP contribution in [-0.4, -0.2) is 59.0 Å². The summed E-state index contributed by atoms with van der Waals surface area (Å²) in [4.78, 5) is 26.5. The number of likely N-dealkylation sites (tertiary alicyclic amines) is 1. The molecule has 0 spiro atoms. The van der Waals surface area contributed by atoms with E-state index >= 15 is 0 Å². The SMILES string of the molecule is CCOC(=O)CN[C@H](C)C(=O)N1CCC[C@H]1CCc1cc2ccc(C(=N)N)cc2n1CC. The summed E-state index contributed by atoms with van der Waals surface area (Å²) in [6.45, 7) is 7.65. The molecule has 174 valence electrons. The van der Waals surface area contributed by atoms with E-state index in [1.54, 1.807) is 13.8 Å². The van der Waals surface area contributed by atoms with Gasteiger partial charge in [0.05, 0.1) is 19.2 Å². The molecular formula is C24H35N5O3. The third kappa shape index (κ3) is 5.30. The fraction of sp³-hybridized carbons (Fsp3) is 0.542. The van der Waals surface area contributed by atoms with Gasteiger partial charge in [0.2, 0.25) is 5.91 Å². The van der Waals surface area contributed by atoms with E-state index in [0.717, 1.165) is 55.2 Å². The van der Waals surface area contributed by atoms with Crippen LogP contribution in [0.3, 0.4) is 0 Å². The first-order chi connectivity index (χ1) is 15.3. The summed E-state index contributed by atoms with van der Waals surface area (Å²) in [6, 6.07) is 7.86. The molecule has 0 aliphatic carbocycles. The molecule has 0 unspecified atom stereocenters. The average Bonchev–Trinajstić information content (AvgIpc) is 3.38. The summed E-state index contributed by atoms with van der Waals surface area (Å²) in [7, 11) is 0. The molecule has 0 bridgehead atoms. The molecule has 1 aliphatic rings. The average molecular weight is 442 g/mol. The van der Waals surface area contributed by atoms with Crippen molar-refractivity contribution in [1.82, 2.24) is 14.8 Å². The van der Waals surface area contributed by atoms with Gasteiger partial charge in [0.1, 0.15) is 5.84 Å². The minimum atomic E-state index is -0.424. The third-order valence-electron chi connectivity index (χ3n) is 6.24. The van der Waals surface area contributed by atoms with Gasteiger partial charge in [0.25, 0.3) is 0 Å². The molecule has 8 heteroatoms. The summed E-state index contributed by atoms with van der Waals surface area (Å²) in [5.41, 5.74) is 8.72. The molecule has 2 atom stereocenters. The summed E-state index contributed by atoms with van der Waals surface area (Å²) in [5, 5.41) is 11.8. The fourth-order valence-corrected chi connectivity index (χ4v) is 4.58. The van der Waals surface area contributed by atoms with Crippen LogP contribution in [0, 0.1) is 5.41 Å². The van der Waals surface area contributed by atoms with Gasteiger partial charge in [-0.2, -0.15) is 0 Å². The summed E-state index contributed by atoms with van der Waals surface area (Å²) in [5.74, 6) is -0.229. The van der Waals surface area contributed by atoms with E-state index in [4.69, 9.17) is 15.9 Å². The molecule has 1 aromatic heterocycles. The maximum atomic E-state index is 13.0. The molecule has 8 nitrogen and oxygen atoms in total. The Kier molecular flexibility index (Phi) is 7.90. The molecule has 1 saturated heterocycles. The van der Waals surface area contributed by atoms with Gasteiger partial charge in [0.15, 0.2) is 0 Å². The highest BCUT2D eigenvalue weighted by Crippen LogP contribution is 2.26. The zero-order valence-corrected chi connectivity index (χ0v) is 19.3. The Bertz CT molecular complexity index is 983. The Morgan fingerprint density at radius 2 is 2.09 bits per heavy atom. The van der Waals surface area contributed by atoms with Gasteiger partial charge < -0.3 is 19.9 Å². The number of hydrogen-bond donors (Lipinski definition) is 3. The Labute approximate surface area is 189 Å². The van der Waals surface area contributed by atoms with Crippen LogP contribution >= 0.6 is 0 Å². The second-order valence-corrected chi connectivity index (χ2v) is 8.34. The van der Waals surface area contributed by atoms with Crippen molar-refractivity contribution in [3.63, 3.8) is 0 Å². The first kappa shape index (κ1) is 23.8. The van der Waals surface area contributed by atoms with Gasteiger partial charge in [-0.3, -0.25) is 20.3 Å². The van der Waals surface area contributed by atoms with Crippen molar-refractivity contribution >= 4 is 28.6 Å². The van der Waals surface area contributed by atoms with Crippen molar-refractivity contribution in [2.75, 3.05) is 19.7 Å². The van der Waals surface area contributed by atoms with Crippen molar-refractivity contribution in [2.24, 2.45) is 5.73 Å². The molecule has 0 radical (unpaired) electrons. The van der Waals surface area contributed by atoms with E-state index in [1.807, 2.05) is 23.1 Å². The van der Waals surface area contributed by atoms with E-state index < -0.39 is 6.04 Å². The van der Waals surface area contributed by atoms with Crippen LogP contribution in [0.15, 0.2) is 24.3 Å². The van der Waals surface area contributed by atoms with Crippen molar-refractivity contribution in [3.05, 3.63) is 35.5 Å². The van der Waals surface area contributed by atoms with E-state index in [0.29, 0.717) is 6.61 Å². The minimum absolute atomic E-state index is 0.0398. The maximum absolute atomic E-state index is 13.0. The standard InChI is InChI=1S/C24H35N5O3/c1-4-28-20(13-17-8-9-18(23(25)26)14-21(17)28)11-10-19-7-6-12-29(19)24(31)16(3)27-15-22(30)32-5-2/h8-9,13-14,16,19,27H,4-7,10-12,15H2,1-3H3,(H3,25,26)/t16-,19+/m1/s1. The van der Waals surface area contributed by atoms with Gasteiger partial charge in [0, 0.05) is 35.9 Å². The van der Waals surface area contributed by atoms with Crippen molar-refractivity contribution in [2.45, 2.75) is 65.1 Å². The van der Waals surface area contributed by atoms with Gasteiger partial charge in [-0.25, -0.2) is 0 Å². The van der Waals surface area contributed by atoms with E-state index in [-0.39, 0.29) is 30.3 Å². The van der Waals surface area contributed by atoms with Crippen molar-refractivity contribution in [1.29, 1.82) is 5.41 Å². The topological polar surface area (TPSA) is 113 Å². The lowest BCUT2D eigenvalue weighted by Gasteiger charge is -2.28. The number of nitrogen functional groups attached to an aromatic ring is 1. The zero-order valence-electron chi connectivity index (χ0n) is 19.3. The Morgan fingerprint density at radius 3 is 2.78 bits per heavy atom. The number of nitrogens with zero attached hydrogens (tertiary/aromatic N) is 2. The molecular weight excluding hydrogens is 406 g/mol. The number of hydrogen-bond acceptors (Lipinski definition) is 5. The van der Waals surface area contributed by atoms with Crippen LogP contribution < -0.4 is 11.1 Å². The number of aryl methyl sites for hydroxylation is 2. The predicted molar refractivity (Wildman–Crippen MR) is 126 cm³/mol. The molecule has 4 N–H and O–H groups in total. The molecule has 1 amide bonds. The molecule has 1 fully saturated rings. The fourth-order valence-electron chi connectivity index (χ4n) is 4.58. The number of carbonyl (C=O) groups excluding carboxylic acids is 2. The minimum Gasteiger partial charge on any atom is -0.465 e. The number of carbonyl (C=O) groups is 2. The first-order valence-electron chi connectivity index (χ1n) is 11.5. The lowest BCUT2D eigenvalue weighted by Crippen LogP contribution is -2.48. The van der Waals surface area contributed by atoms with Gasteiger partial charge in [-0.15, -0.1) is 0 Å².